The standard InChI is InChI=1S/C18H19N5O/c1-23(2)15(24)10-6-12-5-9-14(11-3-7-13(19)8-4-11)16-17(12)21-22-18(16)20/h3-10H,19H2,1-2H3,(H3,20,21,22). The number of amides is 1. The van der Waals surface area contributed by atoms with Gasteiger partial charge in [0.2, 0.25) is 5.91 Å². The van der Waals surface area contributed by atoms with Gasteiger partial charge in [-0.2, -0.15) is 5.10 Å². The minimum absolute atomic E-state index is 0.0850. The van der Waals surface area contributed by atoms with Crippen molar-refractivity contribution < 1.29 is 4.79 Å². The summed E-state index contributed by atoms with van der Waals surface area (Å²) in [7, 11) is 3.42. The lowest BCUT2D eigenvalue weighted by Gasteiger charge is -2.08. The third kappa shape index (κ3) is 2.81. The number of H-pyrrole nitrogens is 1. The summed E-state index contributed by atoms with van der Waals surface area (Å²) in [5.41, 5.74) is 16.1. The molecule has 0 aliphatic rings. The molecule has 0 bridgehead atoms. The van der Waals surface area contributed by atoms with Crippen molar-refractivity contribution in [1.82, 2.24) is 15.1 Å². The summed E-state index contributed by atoms with van der Waals surface area (Å²) in [5, 5.41) is 7.91. The molecule has 1 amide bonds. The van der Waals surface area contributed by atoms with Gasteiger partial charge >= 0.3 is 0 Å². The SMILES string of the molecule is CN(C)C(=O)C=Cc1ccc(-c2ccc(N)cc2)c2c(N)n[nH]c12. The van der Waals surface area contributed by atoms with E-state index in [0.29, 0.717) is 11.5 Å². The van der Waals surface area contributed by atoms with Gasteiger partial charge in [0.25, 0.3) is 0 Å². The maximum atomic E-state index is 11.8. The number of carbonyl (C=O) groups is 1. The number of fused-ring (bicyclic) bond motifs is 1. The highest BCUT2D eigenvalue weighted by Crippen LogP contribution is 2.34. The Balaban J connectivity index is 2.12. The summed E-state index contributed by atoms with van der Waals surface area (Å²) in [4.78, 5) is 13.3. The summed E-state index contributed by atoms with van der Waals surface area (Å²) in [6, 6.07) is 11.5. The molecule has 24 heavy (non-hydrogen) atoms. The number of anilines is 2. The minimum Gasteiger partial charge on any atom is -0.399 e. The zero-order chi connectivity index (χ0) is 17.3. The Kier molecular flexibility index (Phi) is 3.95. The molecular weight excluding hydrogens is 302 g/mol. The molecule has 1 aromatic heterocycles. The van der Waals surface area contributed by atoms with E-state index < -0.39 is 0 Å². The Morgan fingerprint density at radius 1 is 1.12 bits per heavy atom. The predicted octanol–water partition coefficient (Wildman–Crippen LogP) is 2.50. The molecule has 0 aliphatic carbocycles. The van der Waals surface area contributed by atoms with Crippen molar-refractivity contribution in [2.75, 3.05) is 25.6 Å². The van der Waals surface area contributed by atoms with Crippen LogP contribution in [0.25, 0.3) is 28.1 Å². The number of hydrogen-bond acceptors (Lipinski definition) is 4. The van der Waals surface area contributed by atoms with Crippen LogP contribution in [0.15, 0.2) is 42.5 Å². The van der Waals surface area contributed by atoms with Gasteiger partial charge in [0.15, 0.2) is 5.82 Å². The van der Waals surface area contributed by atoms with E-state index in [2.05, 4.69) is 10.2 Å². The number of aromatic nitrogens is 2. The lowest BCUT2D eigenvalue weighted by molar-refractivity contribution is -0.123. The first-order chi connectivity index (χ1) is 11.5. The quantitative estimate of drug-likeness (QED) is 0.509. The van der Waals surface area contributed by atoms with E-state index in [1.54, 1.807) is 20.2 Å². The molecule has 122 valence electrons. The van der Waals surface area contributed by atoms with Crippen molar-refractivity contribution in [2.24, 2.45) is 0 Å². The van der Waals surface area contributed by atoms with Crippen molar-refractivity contribution in [1.29, 1.82) is 0 Å². The second kappa shape index (κ2) is 6.08. The molecule has 0 atom stereocenters. The number of benzene rings is 2. The van der Waals surface area contributed by atoms with E-state index >= 15 is 0 Å². The van der Waals surface area contributed by atoms with Gasteiger partial charge in [-0.3, -0.25) is 9.89 Å². The van der Waals surface area contributed by atoms with E-state index in [-0.39, 0.29) is 5.91 Å². The number of aromatic amines is 1. The van der Waals surface area contributed by atoms with Crippen molar-refractivity contribution in [3.8, 4) is 11.1 Å². The number of carbonyl (C=O) groups excluding carboxylic acids is 1. The van der Waals surface area contributed by atoms with Crippen LogP contribution >= 0.6 is 0 Å². The third-order valence-electron chi connectivity index (χ3n) is 3.85. The average molecular weight is 321 g/mol. The lowest BCUT2D eigenvalue weighted by atomic mass is 9.98. The highest BCUT2D eigenvalue weighted by atomic mass is 16.2. The Bertz CT molecular complexity index is 922. The molecule has 0 spiro atoms. The van der Waals surface area contributed by atoms with Gasteiger partial charge < -0.3 is 16.4 Å². The monoisotopic (exact) mass is 321 g/mol. The number of nitrogens with zero attached hydrogens (tertiary/aromatic N) is 2. The number of hydrogen-bond donors (Lipinski definition) is 3. The fourth-order valence-corrected chi connectivity index (χ4v) is 2.53. The van der Waals surface area contributed by atoms with Crippen molar-refractivity contribution >= 4 is 34.4 Å². The summed E-state index contributed by atoms with van der Waals surface area (Å²) in [6.07, 6.45) is 3.28. The van der Waals surface area contributed by atoms with E-state index in [1.165, 1.54) is 11.0 Å². The molecule has 2 aromatic carbocycles. The van der Waals surface area contributed by atoms with Crippen LogP contribution < -0.4 is 11.5 Å². The first-order valence-electron chi connectivity index (χ1n) is 7.49. The predicted molar refractivity (Wildman–Crippen MR) is 98.1 cm³/mol. The summed E-state index contributed by atoms with van der Waals surface area (Å²) >= 11 is 0. The largest absolute Gasteiger partial charge is 0.399 e. The first-order valence-corrected chi connectivity index (χ1v) is 7.49. The zero-order valence-corrected chi connectivity index (χ0v) is 13.6. The van der Waals surface area contributed by atoms with Gasteiger partial charge in [-0.05, 0) is 29.3 Å². The topological polar surface area (TPSA) is 101 Å². The number of rotatable bonds is 3. The van der Waals surface area contributed by atoms with Crippen LogP contribution in [-0.4, -0.2) is 35.1 Å². The second-order valence-electron chi connectivity index (χ2n) is 5.75. The lowest BCUT2D eigenvalue weighted by Crippen LogP contribution is -2.18. The highest BCUT2D eigenvalue weighted by molar-refractivity contribution is 6.06. The van der Waals surface area contributed by atoms with Crippen LogP contribution in [0.5, 0.6) is 0 Å². The molecular formula is C18H19N5O. The maximum Gasteiger partial charge on any atom is 0.246 e. The number of likely N-dealkylation sites (N-methyl/N-ethyl adjacent to an activating group) is 1. The molecule has 1 heterocycles. The zero-order valence-electron chi connectivity index (χ0n) is 13.6. The van der Waals surface area contributed by atoms with Crippen LogP contribution in [0.1, 0.15) is 5.56 Å². The average Bonchev–Trinajstić information content (AvgIpc) is 2.95. The van der Waals surface area contributed by atoms with Gasteiger partial charge in [-0.25, -0.2) is 0 Å². The maximum absolute atomic E-state index is 11.8. The molecule has 6 nitrogen and oxygen atoms in total. The van der Waals surface area contributed by atoms with E-state index in [0.717, 1.165) is 27.6 Å². The molecule has 0 aliphatic heterocycles. The van der Waals surface area contributed by atoms with Gasteiger partial charge in [0.1, 0.15) is 0 Å². The van der Waals surface area contributed by atoms with Crippen LogP contribution in [0.4, 0.5) is 11.5 Å². The molecule has 0 unspecified atom stereocenters. The Morgan fingerprint density at radius 3 is 2.50 bits per heavy atom. The summed E-state index contributed by atoms with van der Waals surface area (Å²) in [6.45, 7) is 0. The smallest absolute Gasteiger partial charge is 0.246 e. The van der Waals surface area contributed by atoms with Crippen molar-refractivity contribution in [2.45, 2.75) is 0 Å². The van der Waals surface area contributed by atoms with Crippen molar-refractivity contribution in [3.63, 3.8) is 0 Å². The Hall–Kier alpha value is -3.28. The van der Waals surface area contributed by atoms with Crippen LogP contribution in [0.3, 0.4) is 0 Å². The summed E-state index contributed by atoms with van der Waals surface area (Å²) < 4.78 is 0. The normalized spacial score (nSPS) is 11.2. The molecule has 0 fully saturated rings. The molecule has 3 rings (SSSR count). The molecule has 3 aromatic rings. The fourth-order valence-electron chi connectivity index (χ4n) is 2.53. The third-order valence-corrected chi connectivity index (χ3v) is 3.85. The highest BCUT2D eigenvalue weighted by Gasteiger charge is 2.12. The molecule has 0 radical (unpaired) electrons. The van der Waals surface area contributed by atoms with Crippen LogP contribution in [-0.2, 0) is 4.79 Å². The van der Waals surface area contributed by atoms with Gasteiger partial charge in [-0.15, -0.1) is 0 Å². The van der Waals surface area contributed by atoms with E-state index in [4.69, 9.17) is 11.5 Å². The van der Waals surface area contributed by atoms with Crippen LogP contribution in [0, 0.1) is 0 Å². The Morgan fingerprint density at radius 2 is 1.83 bits per heavy atom. The van der Waals surface area contributed by atoms with E-state index in [9.17, 15) is 4.79 Å². The number of nitrogen functional groups attached to an aromatic ring is 2. The van der Waals surface area contributed by atoms with Gasteiger partial charge in [0, 0.05) is 31.4 Å². The minimum atomic E-state index is -0.0850. The summed E-state index contributed by atoms with van der Waals surface area (Å²) in [5.74, 6) is 0.337. The van der Waals surface area contributed by atoms with Gasteiger partial charge in [-0.1, -0.05) is 24.3 Å². The molecule has 0 saturated carbocycles. The van der Waals surface area contributed by atoms with Crippen molar-refractivity contribution in [3.05, 3.63) is 48.0 Å². The van der Waals surface area contributed by atoms with Gasteiger partial charge in [0.05, 0.1) is 10.9 Å². The first kappa shape index (κ1) is 15.6. The molecule has 5 N–H and O–H groups in total. The Labute approximate surface area is 139 Å². The second-order valence-corrected chi connectivity index (χ2v) is 5.75. The molecule has 0 saturated heterocycles. The number of nitrogens with two attached hydrogens (primary N) is 2. The fraction of sp³-hybridized carbons (Fsp3) is 0.111. The van der Waals surface area contributed by atoms with Crippen LogP contribution in [0.2, 0.25) is 0 Å². The molecule has 6 heteroatoms. The number of nitrogens with one attached hydrogen (secondary N) is 1. The van der Waals surface area contributed by atoms with E-state index in [1.807, 2.05) is 36.4 Å².